The molecule has 142 valence electrons. The molecule has 0 aliphatic rings. The molecule has 1 N–H and O–H groups in total. The number of carbonyl (C=O) groups excluding carboxylic acids is 1. The van der Waals surface area contributed by atoms with Crippen LogP contribution in [0.2, 0.25) is 0 Å². The monoisotopic (exact) mass is 364 g/mol. The van der Waals surface area contributed by atoms with E-state index in [0.717, 1.165) is 24.3 Å². The largest absolute Gasteiger partial charge is 0.494 e. The van der Waals surface area contributed by atoms with Crippen molar-refractivity contribution >= 4 is 11.6 Å². The average Bonchev–Trinajstić information content (AvgIpc) is 2.71. The SMILES string of the molecule is C=CCN(CC=C)C(=O)CNc1ccc(OCCCc2ccccc2)cc1. The molecule has 4 nitrogen and oxygen atoms in total. The van der Waals surface area contributed by atoms with Crippen molar-refractivity contribution in [1.82, 2.24) is 4.90 Å². The van der Waals surface area contributed by atoms with E-state index in [-0.39, 0.29) is 12.5 Å². The first-order chi connectivity index (χ1) is 13.2. The summed E-state index contributed by atoms with van der Waals surface area (Å²) in [5.41, 5.74) is 2.21. The first-order valence-corrected chi connectivity index (χ1v) is 9.23. The lowest BCUT2D eigenvalue weighted by Crippen LogP contribution is -2.35. The van der Waals surface area contributed by atoms with Crippen LogP contribution in [0.3, 0.4) is 0 Å². The molecule has 0 aliphatic heterocycles. The predicted molar refractivity (Wildman–Crippen MR) is 112 cm³/mol. The molecule has 4 heteroatoms. The van der Waals surface area contributed by atoms with Crippen molar-refractivity contribution in [3.05, 3.63) is 85.5 Å². The summed E-state index contributed by atoms with van der Waals surface area (Å²) in [6.07, 6.45) is 5.41. The summed E-state index contributed by atoms with van der Waals surface area (Å²) in [5, 5.41) is 3.14. The van der Waals surface area contributed by atoms with Gasteiger partial charge >= 0.3 is 0 Å². The second-order valence-electron chi connectivity index (χ2n) is 6.19. The molecule has 0 radical (unpaired) electrons. The van der Waals surface area contributed by atoms with Gasteiger partial charge in [0.1, 0.15) is 5.75 Å². The van der Waals surface area contributed by atoms with Gasteiger partial charge in [-0.1, -0.05) is 42.5 Å². The molecular weight excluding hydrogens is 336 g/mol. The third kappa shape index (κ3) is 7.40. The number of ether oxygens (including phenoxy) is 1. The van der Waals surface area contributed by atoms with Gasteiger partial charge in [-0.3, -0.25) is 4.79 Å². The van der Waals surface area contributed by atoms with Crippen LogP contribution in [0, 0.1) is 0 Å². The highest BCUT2D eigenvalue weighted by molar-refractivity contribution is 5.81. The Kier molecular flexibility index (Phi) is 8.70. The molecule has 0 unspecified atom stereocenters. The van der Waals surface area contributed by atoms with Crippen LogP contribution in [0.15, 0.2) is 79.9 Å². The van der Waals surface area contributed by atoms with Gasteiger partial charge in [0.05, 0.1) is 13.2 Å². The predicted octanol–water partition coefficient (Wildman–Crippen LogP) is 4.31. The lowest BCUT2D eigenvalue weighted by atomic mass is 10.1. The number of anilines is 1. The van der Waals surface area contributed by atoms with E-state index in [1.165, 1.54) is 5.56 Å². The zero-order chi connectivity index (χ0) is 19.3. The van der Waals surface area contributed by atoms with Gasteiger partial charge in [-0.05, 0) is 42.7 Å². The van der Waals surface area contributed by atoms with Crippen LogP contribution in [0.25, 0.3) is 0 Å². The molecule has 1 amide bonds. The van der Waals surface area contributed by atoms with Gasteiger partial charge in [0.15, 0.2) is 0 Å². The summed E-state index contributed by atoms with van der Waals surface area (Å²) in [6.45, 7) is 9.30. The Labute approximate surface area is 162 Å². The highest BCUT2D eigenvalue weighted by Gasteiger charge is 2.09. The third-order valence-electron chi connectivity index (χ3n) is 4.07. The van der Waals surface area contributed by atoms with Crippen LogP contribution in [0.5, 0.6) is 5.75 Å². The van der Waals surface area contributed by atoms with Crippen molar-refractivity contribution in [1.29, 1.82) is 0 Å². The molecule has 2 aromatic carbocycles. The number of hydrogen-bond acceptors (Lipinski definition) is 3. The minimum absolute atomic E-state index is 0.0102. The van der Waals surface area contributed by atoms with Crippen LogP contribution < -0.4 is 10.1 Å². The van der Waals surface area contributed by atoms with Crippen LogP contribution >= 0.6 is 0 Å². The second kappa shape index (κ2) is 11.6. The van der Waals surface area contributed by atoms with E-state index in [4.69, 9.17) is 4.74 Å². The lowest BCUT2D eigenvalue weighted by molar-refractivity contribution is -0.128. The maximum Gasteiger partial charge on any atom is 0.242 e. The fourth-order valence-electron chi connectivity index (χ4n) is 2.66. The van der Waals surface area contributed by atoms with Crippen molar-refractivity contribution < 1.29 is 9.53 Å². The van der Waals surface area contributed by atoms with Gasteiger partial charge < -0.3 is 15.0 Å². The number of hydrogen-bond donors (Lipinski definition) is 1. The first-order valence-electron chi connectivity index (χ1n) is 9.23. The van der Waals surface area contributed by atoms with Gasteiger partial charge in [0, 0.05) is 18.8 Å². The smallest absolute Gasteiger partial charge is 0.242 e. The Morgan fingerprint density at radius 1 is 1.00 bits per heavy atom. The fraction of sp³-hybridized carbons (Fsp3) is 0.261. The van der Waals surface area contributed by atoms with Crippen LogP contribution in [-0.2, 0) is 11.2 Å². The molecule has 0 heterocycles. The van der Waals surface area contributed by atoms with Crippen molar-refractivity contribution in [2.45, 2.75) is 12.8 Å². The summed E-state index contributed by atoms with van der Waals surface area (Å²) in [6, 6.07) is 18.1. The number of benzene rings is 2. The molecular formula is C23H28N2O2. The second-order valence-corrected chi connectivity index (χ2v) is 6.19. The van der Waals surface area contributed by atoms with E-state index >= 15 is 0 Å². The normalized spacial score (nSPS) is 10.1. The maximum atomic E-state index is 12.2. The van der Waals surface area contributed by atoms with Crippen molar-refractivity contribution in [2.24, 2.45) is 0 Å². The zero-order valence-electron chi connectivity index (χ0n) is 15.8. The molecule has 27 heavy (non-hydrogen) atoms. The van der Waals surface area contributed by atoms with Crippen molar-refractivity contribution in [3.8, 4) is 5.75 Å². The molecule has 0 saturated heterocycles. The Morgan fingerprint density at radius 2 is 1.67 bits per heavy atom. The lowest BCUT2D eigenvalue weighted by Gasteiger charge is -2.19. The standard InChI is InChI=1S/C23H28N2O2/c1-3-16-25(17-4-2)23(26)19-24-21-12-14-22(15-13-21)27-18-8-11-20-9-6-5-7-10-20/h3-7,9-10,12-15,24H,1-2,8,11,16-19H2. The number of nitrogens with one attached hydrogen (secondary N) is 1. The van der Waals surface area contributed by atoms with Crippen LogP contribution in [0.1, 0.15) is 12.0 Å². The molecule has 0 aliphatic carbocycles. The summed E-state index contributed by atoms with van der Waals surface area (Å²) in [7, 11) is 0. The Bertz CT molecular complexity index is 701. The molecule has 0 bridgehead atoms. The average molecular weight is 364 g/mol. The van der Waals surface area contributed by atoms with E-state index in [9.17, 15) is 4.79 Å². The molecule has 0 aromatic heterocycles. The molecule has 0 atom stereocenters. The number of rotatable bonds is 12. The molecule has 0 saturated carbocycles. The number of aryl methyl sites for hydroxylation is 1. The summed E-state index contributed by atoms with van der Waals surface area (Å²) in [4.78, 5) is 13.9. The highest BCUT2D eigenvalue weighted by Crippen LogP contribution is 2.16. The minimum Gasteiger partial charge on any atom is -0.494 e. The van der Waals surface area contributed by atoms with E-state index < -0.39 is 0 Å². The maximum absolute atomic E-state index is 12.2. The van der Waals surface area contributed by atoms with Crippen molar-refractivity contribution in [2.75, 3.05) is 31.6 Å². The van der Waals surface area contributed by atoms with E-state index in [2.05, 4.69) is 42.7 Å². The number of carbonyl (C=O) groups is 1. The summed E-state index contributed by atoms with van der Waals surface area (Å²) < 4.78 is 5.79. The Hall–Kier alpha value is -3.01. The van der Waals surface area contributed by atoms with E-state index in [1.54, 1.807) is 17.1 Å². The topological polar surface area (TPSA) is 41.6 Å². The molecule has 0 fully saturated rings. The van der Waals surface area contributed by atoms with Crippen molar-refractivity contribution in [3.63, 3.8) is 0 Å². The summed E-state index contributed by atoms with van der Waals surface area (Å²) in [5.74, 6) is 0.843. The van der Waals surface area contributed by atoms with Gasteiger partial charge in [-0.15, -0.1) is 13.2 Å². The highest BCUT2D eigenvalue weighted by atomic mass is 16.5. The first kappa shape index (κ1) is 20.3. The molecule has 2 rings (SSSR count). The van der Waals surface area contributed by atoms with E-state index in [1.807, 2.05) is 30.3 Å². The number of amides is 1. The number of nitrogens with zero attached hydrogens (tertiary/aromatic N) is 1. The zero-order valence-corrected chi connectivity index (χ0v) is 15.8. The van der Waals surface area contributed by atoms with Gasteiger partial charge in [-0.25, -0.2) is 0 Å². The minimum atomic E-state index is 0.0102. The quantitative estimate of drug-likeness (QED) is 0.451. The van der Waals surface area contributed by atoms with Crippen LogP contribution in [-0.4, -0.2) is 37.0 Å². The third-order valence-corrected chi connectivity index (χ3v) is 4.07. The molecule has 2 aromatic rings. The molecule has 0 spiro atoms. The van der Waals surface area contributed by atoms with Crippen LogP contribution in [0.4, 0.5) is 5.69 Å². The van der Waals surface area contributed by atoms with E-state index in [0.29, 0.717) is 19.7 Å². The van der Waals surface area contributed by atoms with Gasteiger partial charge in [-0.2, -0.15) is 0 Å². The Morgan fingerprint density at radius 3 is 2.30 bits per heavy atom. The van der Waals surface area contributed by atoms with Gasteiger partial charge in [0.2, 0.25) is 5.91 Å². The Balaban J connectivity index is 1.72. The fourth-order valence-corrected chi connectivity index (χ4v) is 2.66. The summed E-state index contributed by atoms with van der Waals surface area (Å²) >= 11 is 0. The van der Waals surface area contributed by atoms with Gasteiger partial charge in [0.25, 0.3) is 0 Å².